The molecule has 0 aliphatic carbocycles. The van der Waals surface area contributed by atoms with E-state index in [4.69, 9.17) is 4.74 Å². The monoisotopic (exact) mass is 187 g/mol. The molecule has 78 valence electrons. The number of nitrogens with one attached hydrogen (secondary N) is 1. The number of hydrogen-bond acceptors (Lipinski definition) is 2. The summed E-state index contributed by atoms with van der Waals surface area (Å²) >= 11 is 0. The molecule has 1 amide bonds. The van der Waals surface area contributed by atoms with Gasteiger partial charge < -0.3 is 10.1 Å². The molecule has 0 aromatic carbocycles. The quantitative estimate of drug-likeness (QED) is 0.718. The van der Waals surface area contributed by atoms with Crippen LogP contribution in [-0.4, -0.2) is 18.7 Å². The Morgan fingerprint density at radius 1 is 1.31 bits per heavy atom. The molecule has 0 spiro atoms. The van der Waals surface area contributed by atoms with Crippen LogP contribution >= 0.6 is 0 Å². The van der Waals surface area contributed by atoms with Crippen molar-refractivity contribution >= 4 is 6.09 Å². The molecule has 3 nitrogen and oxygen atoms in total. The Balaban J connectivity index is 3.49. The van der Waals surface area contributed by atoms with E-state index >= 15 is 0 Å². The van der Waals surface area contributed by atoms with Gasteiger partial charge in [-0.3, -0.25) is 0 Å². The fraction of sp³-hybridized carbons (Fsp3) is 0.900. The second-order valence-corrected chi connectivity index (χ2v) is 3.74. The number of hydrogen-bond donors (Lipinski definition) is 1. The van der Waals surface area contributed by atoms with E-state index in [2.05, 4.69) is 19.2 Å². The predicted molar refractivity (Wildman–Crippen MR) is 53.7 cm³/mol. The first-order chi connectivity index (χ1) is 6.06. The van der Waals surface area contributed by atoms with E-state index in [1.54, 1.807) is 6.92 Å². The number of alkyl carbamates (subject to hydrolysis) is 1. The van der Waals surface area contributed by atoms with Crippen molar-refractivity contribution in [3.8, 4) is 0 Å². The van der Waals surface area contributed by atoms with Crippen LogP contribution in [0, 0.1) is 5.92 Å². The smallest absolute Gasteiger partial charge is 0.407 e. The van der Waals surface area contributed by atoms with Gasteiger partial charge >= 0.3 is 6.09 Å². The largest absolute Gasteiger partial charge is 0.450 e. The lowest BCUT2D eigenvalue weighted by atomic mass is 10.0. The van der Waals surface area contributed by atoms with Crippen molar-refractivity contribution < 1.29 is 9.53 Å². The molecule has 0 aliphatic rings. The van der Waals surface area contributed by atoms with Gasteiger partial charge in [0.15, 0.2) is 0 Å². The first-order valence-electron chi connectivity index (χ1n) is 4.99. The van der Waals surface area contributed by atoms with Gasteiger partial charge in [0.25, 0.3) is 0 Å². The topological polar surface area (TPSA) is 38.3 Å². The molecule has 0 aromatic heterocycles. The molecular weight excluding hydrogens is 166 g/mol. The van der Waals surface area contributed by atoms with Crippen molar-refractivity contribution in [2.45, 2.75) is 46.6 Å². The SMILES string of the molecule is CCOC(=O)NC(C)CCC(C)C. The lowest BCUT2D eigenvalue weighted by molar-refractivity contribution is 0.148. The molecule has 13 heavy (non-hydrogen) atoms. The Labute approximate surface area is 80.8 Å². The zero-order chi connectivity index (χ0) is 10.3. The van der Waals surface area contributed by atoms with Crippen LogP contribution in [0.4, 0.5) is 4.79 Å². The van der Waals surface area contributed by atoms with Crippen LogP contribution in [-0.2, 0) is 4.74 Å². The average molecular weight is 187 g/mol. The third-order valence-electron chi connectivity index (χ3n) is 1.82. The van der Waals surface area contributed by atoms with E-state index in [0.29, 0.717) is 12.5 Å². The molecule has 1 unspecified atom stereocenters. The van der Waals surface area contributed by atoms with Crippen molar-refractivity contribution in [1.29, 1.82) is 0 Å². The molecule has 0 saturated carbocycles. The van der Waals surface area contributed by atoms with Crippen LogP contribution in [0.15, 0.2) is 0 Å². The third-order valence-corrected chi connectivity index (χ3v) is 1.82. The van der Waals surface area contributed by atoms with E-state index in [0.717, 1.165) is 12.8 Å². The van der Waals surface area contributed by atoms with E-state index in [1.807, 2.05) is 6.92 Å². The molecule has 0 radical (unpaired) electrons. The van der Waals surface area contributed by atoms with Gasteiger partial charge in [-0.2, -0.15) is 0 Å². The summed E-state index contributed by atoms with van der Waals surface area (Å²) in [6.45, 7) is 8.59. The van der Waals surface area contributed by atoms with Gasteiger partial charge in [-0.15, -0.1) is 0 Å². The van der Waals surface area contributed by atoms with Gasteiger partial charge in [-0.25, -0.2) is 4.79 Å². The highest BCUT2D eigenvalue weighted by Gasteiger charge is 2.07. The standard InChI is InChI=1S/C10H21NO2/c1-5-13-10(12)11-9(4)7-6-8(2)3/h8-9H,5-7H2,1-4H3,(H,11,12). The Kier molecular flexibility index (Phi) is 6.37. The van der Waals surface area contributed by atoms with Crippen molar-refractivity contribution in [3.63, 3.8) is 0 Å². The van der Waals surface area contributed by atoms with E-state index in [1.165, 1.54) is 0 Å². The first kappa shape index (κ1) is 12.3. The Bertz CT molecular complexity index is 146. The molecular formula is C10H21NO2. The minimum absolute atomic E-state index is 0.210. The van der Waals surface area contributed by atoms with Crippen LogP contribution in [0.1, 0.15) is 40.5 Å². The van der Waals surface area contributed by atoms with Crippen LogP contribution in [0.3, 0.4) is 0 Å². The van der Waals surface area contributed by atoms with Gasteiger partial charge in [0.05, 0.1) is 6.61 Å². The molecule has 0 heterocycles. The second-order valence-electron chi connectivity index (χ2n) is 3.74. The van der Waals surface area contributed by atoms with Crippen molar-refractivity contribution in [3.05, 3.63) is 0 Å². The minimum atomic E-state index is -0.307. The van der Waals surface area contributed by atoms with E-state index in [-0.39, 0.29) is 12.1 Å². The van der Waals surface area contributed by atoms with Crippen molar-refractivity contribution in [2.75, 3.05) is 6.61 Å². The fourth-order valence-electron chi connectivity index (χ4n) is 1.03. The fourth-order valence-corrected chi connectivity index (χ4v) is 1.03. The number of ether oxygens (including phenoxy) is 1. The Morgan fingerprint density at radius 3 is 2.38 bits per heavy atom. The number of carbonyl (C=O) groups excluding carboxylic acids is 1. The average Bonchev–Trinajstić information content (AvgIpc) is 2.01. The van der Waals surface area contributed by atoms with E-state index < -0.39 is 0 Å². The summed E-state index contributed by atoms with van der Waals surface area (Å²) in [7, 11) is 0. The van der Waals surface area contributed by atoms with Crippen LogP contribution in [0.2, 0.25) is 0 Å². The molecule has 3 heteroatoms. The Hall–Kier alpha value is -0.730. The summed E-state index contributed by atoms with van der Waals surface area (Å²) in [4.78, 5) is 11.0. The summed E-state index contributed by atoms with van der Waals surface area (Å²) in [5.74, 6) is 0.687. The molecule has 0 rings (SSSR count). The Morgan fingerprint density at radius 2 is 1.92 bits per heavy atom. The molecule has 0 aliphatic heterocycles. The number of amides is 1. The first-order valence-corrected chi connectivity index (χ1v) is 4.99. The number of carbonyl (C=O) groups is 1. The maximum absolute atomic E-state index is 11.0. The predicted octanol–water partition coefficient (Wildman–Crippen LogP) is 2.56. The summed E-state index contributed by atoms with van der Waals surface area (Å²) < 4.78 is 4.77. The maximum Gasteiger partial charge on any atom is 0.407 e. The lowest BCUT2D eigenvalue weighted by Gasteiger charge is -2.14. The zero-order valence-electron chi connectivity index (χ0n) is 9.09. The normalized spacial score (nSPS) is 12.7. The molecule has 0 saturated heterocycles. The highest BCUT2D eigenvalue weighted by molar-refractivity contribution is 5.67. The lowest BCUT2D eigenvalue weighted by Crippen LogP contribution is -2.33. The summed E-state index contributed by atoms with van der Waals surface area (Å²) in [6, 6.07) is 0.210. The van der Waals surface area contributed by atoms with Crippen LogP contribution in [0.25, 0.3) is 0 Å². The van der Waals surface area contributed by atoms with Gasteiger partial charge in [0.1, 0.15) is 0 Å². The summed E-state index contributed by atoms with van der Waals surface area (Å²) in [6.07, 6.45) is 1.84. The van der Waals surface area contributed by atoms with Crippen molar-refractivity contribution in [2.24, 2.45) is 5.92 Å². The van der Waals surface area contributed by atoms with Crippen LogP contribution < -0.4 is 5.32 Å². The third kappa shape index (κ3) is 7.62. The molecule has 0 fully saturated rings. The zero-order valence-corrected chi connectivity index (χ0v) is 9.09. The van der Waals surface area contributed by atoms with Gasteiger partial charge in [-0.1, -0.05) is 13.8 Å². The maximum atomic E-state index is 11.0. The van der Waals surface area contributed by atoms with Gasteiger partial charge in [-0.05, 0) is 32.6 Å². The molecule has 1 atom stereocenters. The molecule has 0 aromatic rings. The summed E-state index contributed by atoms with van der Waals surface area (Å²) in [5, 5.41) is 2.78. The highest BCUT2D eigenvalue weighted by atomic mass is 16.5. The highest BCUT2D eigenvalue weighted by Crippen LogP contribution is 2.06. The molecule has 1 N–H and O–H groups in total. The van der Waals surface area contributed by atoms with Crippen LogP contribution in [0.5, 0.6) is 0 Å². The van der Waals surface area contributed by atoms with Crippen molar-refractivity contribution in [1.82, 2.24) is 5.32 Å². The summed E-state index contributed by atoms with van der Waals surface area (Å²) in [5.41, 5.74) is 0. The number of rotatable bonds is 5. The van der Waals surface area contributed by atoms with Gasteiger partial charge in [0.2, 0.25) is 0 Å². The van der Waals surface area contributed by atoms with Gasteiger partial charge in [0, 0.05) is 6.04 Å². The van der Waals surface area contributed by atoms with E-state index in [9.17, 15) is 4.79 Å². The molecule has 0 bridgehead atoms. The minimum Gasteiger partial charge on any atom is -0.450 e. The second kappa shape index (κ2) is 6.75.